The first kappa shape index (κ1) is 23.5. The highest BCUT2D eigenvalue weighted by Gasteiger charge is 2.28. The van der Waals surface area contributed by atoms with Crippen molar-refractivity contribution in [2.75, 3.05) is 11.9 Å². The SMILES string of the molecule is Cc1ccccc1-c1nn(-c2ccccc2)cc1C(=O)Nc1cccc(CN2CCCC2C(N)=O)c1. The summed E-state index contributed by atoms with van der Waals surface area (Å²) in [4.78, 5) is 27.4. The number of nitrogens with two attached hydrogens (primary N) is 1. The van der Waals surface area contributed by atoms with Crippen LogP contribution in [-0.2, 0) is 11.3 Å². The molecule has 5 rings (SSSR count). The monoisotopic (exact) mass is 479 g/mol. The van der Waals surface area contributed by atoms with Gasteiger partial charge >= 0.3 is 0 Å². The summed E-state index contributed by atoms with van der Waals surface area (Å²) in [5.41, 5.74) is 11.2. The Morgan fingerprint density at radius 1 is 1.03 bits per heavy atom. The average Bonchev–Trinajstić information content (AvgIpc) is 3.53. The minimum Gasteiger partial charge on any atom is -0.368 e. The quantitative estimate of drug-likeness (QED) is 0.407. The molecule has 2 amide bonds. The van der Waals surface area contributed by atoms with E-state index in [1.165, 1.54) is 0 Å². The minimum absolute atomic E-state index is 0.233. The standard InChI is InChI=1S/C29H29N5O2/c1-20-9-5-6-14-24(20)27-25(19-34(32-27)23-12-3-2-4-13-23)29(36)31-22-11-7-10-21(17-22)18-33-16-8-15-26(33)28(30)35/h2-7,9-14,17,19,26H,8,15-16,18H2,1H3,(H2,30,35)(H,31,36). The molecule has 1 unspecified atom stereocenters. The van der Waals surface area contributed by atoms with Crippen LogP contribution in [0.25, 0.3) is 16.9 Å². The molecule has 1 saturated heterocycles. The molecule has 1 atom stereocenters. The second-order valence-corrected chi connectivity index (χ2v) is 9.17. The Labute approximate surface area is 210 Å². The van der Waals surface area contributed by atoms with Crippen LogP contribution in [0.15, 0.2) is 85.1 Å². The molecule has 7 nitrogen and oxygen atoms in total. The largest absolute Gasteiger partial charge is 0.368 e. The van der Waals surface area contributed by atoms with E-state index in [1.54, 1.807) is 10.9 Å². The average molecular weight is 480 g/mol. The Bertz CT molecular complexity index is 1400. The first-order valence-corrected chi connectivity index (χ1v) is 12.1. The van der Waals surface area contributed by atoms with Gasteiger partial charge in [0.1, 0.15) is 5.69 Å². The Balaban J connectivity index is 1.43. The molecule has 182 valence electrons. The van der Waals surface area contributed by atoms with Crippen molar-refractivity contribution in [1.82, 2.24) is 14.7 Å². The molecular weight excluding hydrogens is 450 g/mol. The predicted molar refractivity (Wildman–Crippen MR) is 141 cm³/mol. The molecule has 1 aromatic heterocycles. The Kier molecular flexibility index (Phi) is 6.64. The number of primary amides is 1. The minimum atomic E-state index is -0.281. The van der Waals surface area contributed by atoms with Gasteiger partial charge < -0.3 is 11.1 Å². The number of anilines is 1. The van der Waals surface area contributed by atoms with Gasteiger partial charge in [0.25, 0.3) is 5.91 Å². The van der Waals surface area contributed by atoms with E-state index >= 15 is 0 Å². The number of hydrogen-bond donors (Lipinski definition) is 2. The van der Waals surface area contributed by atoms with Crippen LogP contribution in [0, 0.1) is 6.92 Å². The maximum atomic E-state index is 13.5. The number of carbonyl (C=O) groups excluding carboxylic acids is 2. The number of likely N-dealkylation sites (tertiary alicyclic amines) is 1. The lowest BCUT2D eigenvalue weighted by atomic mass is 10.0. The second-order valence-electron chi connectivity index (χ2n) is 9.17. The van der Waals surface area contributed by atoms with Crippen LogP contribution >= 0.6 is 0 Å². The van der Waals surface area contributed by atoms with Gasteiger partial charge in [0.15, 0.2) is 0 Å². The zero-order valence-corrected chi connectivity index (χ0v) is 20.2. The first-order valence-electron chi connectivity index (χ1n) is 12.1. The molecule has 0 aliphatic carbocycles. The van der Waals surface area contributed by atoms with Gasteiger partial charge in [-0.3, -0.25) is 14.5 Å². The fourth-order valence-corrected chi connectivity index (χ4v) is 4.81. The van der Waals surface area contributed by atoms with E-state index in [2.05, 4.69) is 10.2 Å². The Hall–Kier alpha value is -4.23. The summed E-state index contributed by atoms with van der Waals surface area (Å²) in [5, 5.41) is 7.84. The topological polar surface area (TPSA) is 93.2 Å². The molecule has 1 aliphatic rings. The molecule has 36 heavy (non-hydrogen) atoms. The van der Waals surface area contributed by atoms with Crippen LogP contribution in [0.1, 0.15) is 34.3 Å². The molecule has 0 saturated carbocycles. The highest BCUT2D eigenvalue weighted by Crippen LogP contribution is 2.28. The van der Waals surface area contributed by atoms with Crippen molar-refractivity contribution in [3.8, 4) is 16.9 Å². The first-order chi connectivity index (χ1) is 17.5. The molecular formula is C29H29N5O2. The molecule has 3 aromatic carbocycles. The Morgan fingerprint density at radius 2 is 1.81 bits per heavy atom. The van der Waals surface area contributed by atoms with Crippen LogP contribution in [0.3, 0.4) is 0 Å². The summed E-state index contributed by atoms with van der Waals surface area (Å²) in [6.45, 7) is 3.46. The van der Waals surface area contributed by atoms with Crippen molar-refractivity contribution in [3.63, 3.8) is 0 Å². The molecule has 1 aliphatic heterocycles. The zero-order valence-electron chi connectivity index (χ0n) is 20.2. The van der Waals surface area contributed by atoms with E-state index in [1.807, 2.05) is 85.8 Å². The summed E-state index contributed by atoms with van der Waals surface area (Å²) in [7, 11) is 0. The predicted octanol–water partition coefficient (Wildman–Crippen LogP) is 4.55. The molecule has 7 heteroatoms. The number of aryl methyl sites for hydroxylation is 1. The summed E-state index contributed by atoms with van der Waals surface area (Å²) in [6, 6.07) is 25.2. The lowest BCUT2D eigenvalue weighted by Crippen LogP contribution is -2.39. The van der Waals surface area contributed by atoms with Gasteiger partial charge in [-0.25, -0.2) is 4.68 Å². The van der Waals surface area contributed by atoms with Crippen LogP contribution in [0.2, 0.25) is 0 Å². The molecule has 1 fully saturated rings. The summed E-state index contributed by atoms with van der Waals surface area (Å²) < 4.78 is 1.74. The van der Waals surface area contributed by atoms with Crippen molar-refractivity contribution >= 4 is 17.5 Å². The van der Waals surface area contributed by atoms with Crippen molar-refractivity contribution in [3.05, 3.63) is 102 Å². The van der Waals surface area contributed by atoms with E-state index in [0.717, 1.165) is 41.8 Å². The van der Waals surface area contributed by atoms with Crippen LogP contribution in [0.5, 0.6) is 0 Å². The van der Waals surface area contributed by atoms with Crippen LogP contribution in [-0.4, -0.2) is 39.1 Å². The second kappa shape index (κ2) is 10.2. The number of rotatable bonds is 7. The lowest BCUT2D eigenvalue weighted by Gasteiger charge is -2.22. The fraction of sp³-hybridized carbons (Fsp3) is 0.207. The van der Waals surface area contributed by atoms with E-state index < -0.39 is 0 Å². The van der Waals surface area contributed by atoms with Gasteiger partial charge in [0.2, 0.25) is 5.91 Å². The lowest BCUT2D eigenvalue weighted by molar-refractivity contribution is -0.122. The van der Waals surface area contributed by atoms with Gasteiger partial charge in [-0.05, 0) is 61.7 Å². The van der Waals surface area contributed by atoms with Crippen LogP contribution in [0.4, 0.5) is 5.69 Å². The van der Waals surface area contributed by atoms with Gasteiger partial charge in [0, 0.05) is 24.0 Å². The number of para-hydroxylation sites is 1. The third kappa shape index (κ3) is 4.92. The maximum absolute atomic E-state index is 13.5. The normalized spacial score (nSPS) is 15.6. The third-order valence-electron chi connectivity index (χ3n) is 6.64. The number of nitrogens with zero attached hydrogens (tertiary/aromatic N) is 3. The maximum Gasteiger partial charge on any atom is 0.259 e. The molecule has 3 N–H and O–H groups in total. The number of nitrogens with one attached hydrogen (secondary N) is 1. The van der Waals surface area contributed by atoms with E-state index in [9.17, 15) is 9.59 Å². The molecule has 0 bridgehead atoms. The highest BCUT2D eigenvalue weighted by molar-refractivity contribution is 6.08. The van der Waals surface area contributed by atoms with Crippen molar-refractivity contribution in [1.29, 1.82) is 0 Å². The molecule has 4 aromatic rings. The van der Waals surface area contributed by atoms with Crippen LogP contribution < -0.4 is 11.1 Å². The number of benzene rings is 3. The third-order valence-corrected chi connectivity index (χ3v) is 6.64. The van der Waals surface area contributed by atoms with Gasteiger partial charge in [-0.2, -0.15) is 5.10 Å². The summed E-state index contributed by atoms with van der Waals surface area (Å²) >= 11 is 0. The summed E-state index contributed by atoms with van der Waals surface area (Å²) in [5.74, 6) is -0.514. The van der Waals surface area contributed by atoms with Gasteiger partial charge in [-0.15, -0.1) is 0 Å². The zero-order chi connectivity index (χ0) is 25.1. The Morgan fingerprint density at radius 3 is 2.58 bits per heavy atom. The van der Waals surface area contributed by atoms with E-state index in [0.29, 0.717) is 23.5 Å². The van der Waals surface area contributed by atoms with Crippen molar-refractivity contribution in [2.45, 2.75) is 32.4 Å². The highest BCUT2D eigenvalue weighted by atomic mass is 16.2. The molecule has 0 radical (unpaired) electrons. The van der Waals surface area contributed by atoms with E-state index in [-0.39, 0.29) is 17.9 Å². The summed E-state index contributed by atoms with van der Waals surface area (Å²) in [6.07, 6.45) is 3.52. The molecule has 2 heterocycles. The van der Waals surface area contributed by atoms with Crippen molar-refractivity contribution in [2.24, 2.45) is 5.73 Å². The van der Waals surface area contributed by atoms with E-state index in [4.69, 9.17) is 10.8 Å². The number of amides is 2. The van der Waals surface area contributed by atoms with Gasteiger partial charge in [0.05, 0.1) is 17.3 Å². The van der Waals surface area contributed by atoms with Gasteiger partial charge in [-0.1, -0.05) is 54.6 Å². The van der Waals surface area contributed by atoms with Crippen molar-refractivity contribution < 1.29 is 9.59 Å². The number of aromatic nitrogens is 2. The fourth-order valence-electron chi connectivity index (χ4n) is 4.81. The number of carbonyl (C=O) groups is 2. The smallest absolute Gasteiger partial charge is 0.259 e. The molecule has 0 spiro atoms. The number of hydrogen-bond acceptors (Lipinski definition) is 4.